The first kappa shape index (κ1) is 43.4. The Balaban J connectivity index is 1.55. The predicted molar refractivity (Wildman–Crippen MR) is 205 cm³/mol. The van der Waals surface area contributed by atoms with Gasteiger partial charge in [0.25, 0.3) is 20.2 Å². The second-order valence-electron chi connectivity index (χ2n) is 12.1. The number of aromatic hydroxyl groups is 1. The Morgan fingerprint density at radius 1 is 0.897 bits per heavy atom. The zero-order valence-corrected chi connectivity index (χ0v) is 33.3. The van der Waals surface area contributed by atoms with E-state index in [1.165, 1.54) is 13.1 Å². The lowest BCUT2D eigenvalue weighted by Crippen LogP contribution is -2.30. The fraction of sp³-hybridized carbons (Fsp3) is 0.194. The van der Waals surface area contributed by atoms with Crippen LogP contribution in [-0.2, 0) is 45.6 Å². The van der Waals surface area contributed by atoms with Crippen LogP contribution in [0.15, 0.2) is 84.8 Å². The van der Waals surface area contributed by atoms with Gasteiger partial charge in [0, 0.05) is 12.7 Å². The Morgan fingerprint density at radius 3 is 2.19 bits per heavy atom. The van der Waals surface area contributed by atoms with Crippen molar-refractivity contribution in [1.82, 2.24) is 15.0 Å². The number of anilines is 4. The molecular weight excluding hydrogens is 852 g/mol. The summed E-state index contributed by atoms with van der Waals surface area (Å²) in [7, 11) is -13.1. The lowest BCUT2D eigenvalue weighted by atomic mass is 10.0. The Kier molecular flexibility index (Phi) is 12.8. The van der Waals surface area contributed by atoms with E-state index in [0.717, 1.165) is 34.7 Å². The molecule has 1 heterocycles. The SMILES string of the molecule is Cc1ccc(N=Nc2c(C)cc3cc(S(=O)(=O)O)c(N=Nc4cc(Nc5nc(F)nc(N(C)CS(=O)(=O)CCOS(=O)[O-])n5)ccc4S(=O)(=O)O)c(O)c3c2N)cc1. The maximum Gasteiger partial charge on any atom is 0.315 e. The molecule has 58 heavy (non-hydrogen) atoms. The van der Waals surface area contributed by atoms with Gasteiger partial charge in [0.15, 0.2) is 15.6 Å². The fourth-order valence-corrected chi connectivity index (χ4v) is 7.92. The first-order valence-corrected chi connectivity index (χ1v) is 21.6. The molecule has 6 N–H and O–H groups in total. The van der Waals surface area contributed by atoms with Gasteiger partial charge in [-0.25, -0.2) is 12.6 Å². The summed E-state index contributed by atoms with van der Waals surface area (Å²) in [6.45, 7) is 2.79. The number of aryl methyl sites for hydroxylation is 2. The molecule has 0 spiro atoms. The maximum absolute atomic E-state index is 14.5. The van der Waals surface area contributed by atoms with Crippen molar-refractivity contribution in [3.05, 3.63) is 71.8 Å². The minimum Gasteiger partial charge on any atom is -0.750 e. The number of hydrogen-bond acceptors (Lipinski definition) is 20. The van der Waals surface area contributed by atoms with E-state index in [1.807, 2.05) is 6.92 Å². The van der Waals surface area contributed by atoms with Crippen LogP contribution in [0.5, 0.6) is 5.75 Å². The Hall–Kier alpha value is -5.68. The molecule has 1 unspecified atom stereocenters. The van der Waals surface area contributed by atoms with Crippen LogP contribution in [0.3, 0.4) is 0 Å². The summed E-state index contributed by atoms with van der Waals surface area (Å²) in [4.78, 5) is 9.88. The maximum atomic E-state index is 14.5. The number of nitrogen functional groups attached to an aromatic ring is 1. The van der Waals surface area contributed by atoms with Gasteiger partial charge in [0.1, 0.15) is 32.7 Å². The van der Waals surface area contributed by atoms with Crippen LogP contribution < -0.4 is 16.0 Å². The lowest BCUT2D eigenvalue weighted by molar-refractivity contribution is 0.318. The van der Waals surface area contributed by atoms with E-state index in [2.05, 4.69) is 44.9 Å². The van der Waals surface area contributed by atoms with E-state index in [4.69, 9.17) is 5.73 Å². The van der Waals surface area contributed by atoms with Gasteiger partial charge >= 0.3 is 6.08 Å². The summed E-state index contributed by atoms with van der Waals surface area (Å²) >= 11 is -2.95. The smallest absolute Gasteiger partial charge is 0.315 e. The van der Waals surface area contributed by atoms with Crippen molar-refractivity contribution in [2.24, 2.45) is 20.5 Å². The molecule has 308 valence electrons. The Bertz CT molecular complexity index is 2850. The first-order valence-electron chi connectivity index (χ1n) is 15.9. The molecule has 27 heteroatoms. The minimum absolute atomic E-state index is 0.0244. The molecule has 0 aliphatic heterocycles. The highest BCUT2D eigenvalue weighted by Crippen LogP contribution is 2.47. The second-order valence-corrected chi connectivity index (χ2v) is 17.7. The lowest BCUT2D eigenvalue weighted by Gasteiger charge is -2.18. The molecule has 0 saturated heterocycles. The van der Waals surface area contributed by atoms with Gasteiger partial charge in [-0.05, 0) is 67.3 Å². The molecule has 22 nitrogen and oxygen atoms in total. The third-order valence-electron chi connectivity index (χ3n) is 7.77. The third kappa shape index (κ3) is 10.6. The van der Waals surface area contributed by atoms with Gasteiger partial charge in [-0.1, -0.05) is 17.7 Å². The third-order valence-corrected chi connectivity index (χ3v) is 11.5. The van der Waals surface area contributed by atoms with Crippen molar-refractivity contribution in [3.8, 4) is 5.75 Å². The highest BCUT2D eigenvalue weighted by molar-refractivity contribution is 7.91. The molecule has 0 fully saturated rings. The normalized spacial score (nSPS) is 13.1. The number of phenols is 1. The van der Waals surface area contributed by atoms with Gasteiger partial charge in [-0.15, -0.1) is 15.3 Å². The monoisotopic (exact) mass is 881 g/mol. The van der Waals surface area contributed by atoms with E-state index in [9.17, 15) is 52.6 Å². The van der Waals surface area contributed by atoms with E-state index < -0.39 is 105 Å². The standard InChI is InChI=1S/C31H31FN10O12S4/c1-16-4-6-19(7-5-16)38-40-26-17(2)12-18-13-23(58(51,52)53)27(28(43)24(18)25(26)33)41-39-21-14-20(8-9-22(21)57(48,49)50)34-30-35-29(32)36-31(37-30)42(3)15-56(46,47)11-10-54-55(44)45/h4-9,12-14,43H,10-11,15,33H2,1-3H3,(H,44,45)(H,48,49,50)(H,51,52,53)(H,34,35,36,37)/p-1. The van der Waals surface area contributed by atoms with Crippen molar-refractivity contribution in [2.75, 3.05) is 41.2 Å². The number of nitrogens with two attached hydrogens (primary N) is 1. The van der Waals surface area contributed by atoms with Crippen LogP contribution in [0.4, 0.5) is 50.4 Å². The number of fused-ring (bicyclic) bond motifs is 1. The fourth-order valence-electron chi connectivity index (χ4n) is 5.17. The average Bonchev–Trinajstić information content (AvgIpc) is 3.10. The van der Waals surface area contributed by atoms with Crippen LogP contribution in [0, 0.1) is 19.9 Å². The number of nitrogens with one attached hydrogen (secondary N) is 1. The Morgan fingerprint density at radius 2 is 1.55 bits per heavy atom. The number of rotatable bonds is 15. The summed E-state index contributed by atoms with van der Waals surface area (Å²) in [6, 6.07) is 12.1. The molecule has 0 aliphatic rings. The van der Waals surface area contributed by atoms with Gasteiger partial charge in [-0.3, -0.25) is 13.3 Å². The number of azo groups is 2. The molecule has 4 aromatic carbocycles. The van der Waals surface area contributed by atoms with Gasteiger partial charge in [-0.2, -0.15) is 41.3 Å². The van der Waals surface area contributed by atoms with Crippen molar-refractivity contribution in [1.29, 1.82) is 0 Å². The van der Waals surface area contributed by atoms with Gasteiger partial charge in [0.05, 0.1) is 40.5 Å². The summed E-state index contributed by atoms with van der Waals surface area (Å²) in [5.41, 5.74) is 6.41. The molecule has 5 aromatic rings. The first-order chi connectivity index (χ1) is 27.0. The van der Waals surface area contributed by atoms with E-state index >= 15 is 0 Å². The van der Waals surface area contributed by atoms with Crippen LogP contribution in [0.1, 0.15) is 11.1 Å². The number of sulfone groups is 1. The number of phenolic OH excluding ortho intramolecular Hbond substituents is 1. The van der Waals surface area contributed by atoms with Crippen LogP contribution in [0.2, 0.25) is 0 Å². The zero-order valence-electron chi connectivity index (χ0n) is 30.0. The number of nitrogens with zero attached hydrogens (tertiary/aromatic N) is 8. The summed E-state index contributed by atoms with van der Waals surface area (Å²) in [5, 5.41) is 29.6. The summed E-state index contributed by atoms with van der Waals surface area (Å²) in [5.74, 6) is -3.52. The van der Waals surface area contributed by atoms with E-state index in [-0.39, 0.29) is 27.8 Å². The second kappa shape index (κ2) is 17.0. The van der Waals surface area contributed by atoms with Gasteiger partial charge in [0.2, 0.25) is 11.9 Å². The van der Waals surface area contributed by atoms with Crippen LogP contribution in [-0.4, -0.2) is 88.5 Å². The van der Waals surface area contributed by atoms with Gasteiger partial charge < -0.3 is 25.6 Å². The molecule has 1 aromatic heterocycles. The number of halogens is 1. The molecule has 0 radical (unpaired) electrons. The Labute approximate surface area is 331 Å². The highest BCUT2D eigenvalue weighted by Gasteiger charge is 2.26. The largest absolute Gasteiger partial charge is 0.750 e. The van der Waals surface area contributed by atoms with Crippen molar-refractivity contribution < 1.29 is 56.8 Å². The molecule has 0 amide bonds. The van der Waals surface area contributed by atoms with Crippen LogP contribution >= 0.6 is 0 Å². The quantitative estimate of drug-likeness (QED) is 0.0409. The number of aromatic nitrogens is 3. The average molecular weight is 882 g/mol. The van der Waals surface area contributed by atoms with Crippen molar-refractivity contribution in [2.45, 2.75) is 23.6 Å². The number of benzene rings is 4. The van der Waals surface area contributed by atoms with Crippen LogP contribution in [0.25, 0.3) is 10.8 Å². The summed E-state index contributed by atoms with van der Waals surface area (Å²) in [6.07, 6.45) is -1.39. The molecule has 5 rings (SSSR count). The number of hydrogen-bond donors (Lipinski definition) is 5. The zero-order chi connectivity index (χ0) is 42.7. The predicted octanol–water partition coefficient (Wildman–Crippen LogP) is 4.76. The minimum atomic E-state index is -5.17. The van der Waals surface area contributed by atoms with Crippen molar-refractivity contribution in [3.63, 3.8) is 0 Å². The molecule has 0 bridgehead atoms. The topological polar surface area (TPSA) is 342 Å². The van der Waals surface area contributed by atoms with E-state index in [1.54, 1.807) is 31.2 Å². The molecule has 0 aliphatic carbocycles. The molecular formula is C31H30FN10O12S4-. The highest BCUT2D eigenvalue weighted by atomic mass is 32.2. The van der Waals surface area contributed by atoms with E-state index in [0.29, 0.717) is 11.3 Å². The molecule has 1 atom stereocenters. The molecule has 0 saturated carbocycles. The van der Waals surface area contributed by atoms with Crippen molar-refractivity contribution >= 4 is 98.2 Å². The summed E-state index contributed by atoms with van der Waals surface area (Å²) < 4.78 is 134.